The van der Waals surface area contributed by atoms with E-state index in [9.17, 15) is 14.9 Å². The van der Waals surface area contributed by atoms with Crippen molar-refractivity contribution in [2.24, 2.45) is 0 Å². The molecule has 0 amide bonds. The van der Waals surface area contributed by atoms with Gasteiger partial charge in [-0.1, -0.05) is 0 Å². The van der Waals surface area contributed by atoms with Crippen LogP contribution in [-0.2, 0) is 6.42 Å². The molecule has 0 unspecified atom stereocenters. The lowest BCUT2D eigenvalue weighted by atomic mass is 10.1. The maximum Gasteiger partial charge on any atom is 0.283 e. The molecule has 1 heterocycles. The van der Waals surface area contributed by atoms with Crippen LogP contribution < -0.4 is 9.47 Å². The number of hydrogen-bond donors (Lipinski definition) is 0. The van der Waals surface area contributed by atoms with Crippen LogP contribution in [0, 0.1) is 10.1 Å². The molecule has 7 heteroatoms. The molecule has 0 bridgehead atoms. The van der Waals surface area contributed by atoms with E-state index in [0.717, 1.165) is 5.56 Å². The van der Waals surface area contributed by atoms with Gasteiger partial charge >= 0.3 is 0 Å². The Balaban J connectivity index is 2.18. The Morgan fingerprint density at radius 1 is 1.38 bits per heavy atom. The molecule has 0 aliphatic heterocycles. The molecule has 0 saturated heterocycles. The van der Waals surface area contributed by atoms with Crippen molar-refractivity contribution >= 4 is 23.3 Å². The third-order valence-electron chi connectivity index (χ3n) is 2.87. The van der Waals surface area contributed by atoms with Crippen LogP contribution in [0.3, 0.4) is 0 Å². The Labute approximate surface area is 125 Å². The SMILES string of the molecule is COc1cc(C=O)c([N+](=O)[O-])cc1OCCc1ccsc1. The Kier molecular flexibility index (Phi) is 4.89. The molecule has 1 aromatic heterocycles. The van der Waals surface area contributed by atoms with Crippen LogP contribution in [0.4, 0.5) is 5.69 Å². The first-order valence-corrected chi connectivity index (χ1v) is 7.05. The highest BCUT2D eigenvalue weighted by molar-refractivity contribution is 7.07. The van der Waals surface area contributed by atoms with Crippen molar-refractivity contribution in [2.75, 3.05) is 13.7 Å². The second-order valence-corrected chi connectivity index (χ2v) is 4.95. The number of nitrogens with zero attached hydrogens (tertiary/aromatic N) is 1. The van der Waals surface area contributed by atoms with Gasteiger partial charge in [0.2, 0.25) is 0 Å². The standard InChI is InChI=1S/C14H13NO5S/c1-19-13-6-11(8-16)12(15(17)18)7-14(13)20-4-2-10-3-5-21-9-10/h3,5-9H,2,4H2,1H3. The molecule has 0 aliphatic rings. The molecular weight excluding hydrogens is 294 g/mol. The zero-order valence-corrected chi connectivity index (χ0v) is 12.1. The molecule has 0 fully saturated rings. The molecule has 0 N–H and O–H groups in total. The van der Waals surface area contributed by atoms with Gasteiger partial charge in [0.05, 0.1) is 30.3 Å². The summed E-state index contributed by atoms with van der Waals surface area (Å²) in [6, 6.07) is 4.52. The van der Waals surface area contributed by atoms with Gasteiger partial charge in [-0.3, -0.25) is 14.9 Å². The Hall–Kier alpha value is -2.41. The second kappa shape index (κ2) is 6.85. The van der Waals surface area contributed by atoms with E-state index < -0.39 is 4.92 Å². The van der Waals surface area contributed by atoms with E-state index in [1.54, 1.807) is 11.3 Å². The summed E-state index contributed by atoms with van der Waals surface area (Å²) in [6.45, 7) is 0.366. The zero-order chi connectivity index (χ0) is 15.2. The number of nitro benzene ring substituents is 1. The smallest absolute Gasteiger partial charge is 0.283 e. The average molecular weight is 307 g/mol. The summed E-state index contributed by atoms with van der Waals surface area (Å²) < 4.78 is 10.7. The largest absolute Gasteiger partial charge is 0.493 e. The molecule has 0 aliphatic carbocycles. The van der Waals surface area contributed by atoms with Gasteiger partial charge in [0.15, 0.2) is 17.8 Å². The lowest BCUT2D eigenvalue weighted by Crippen LogP contribution is -2.04. The number of aldehydes is 1. The number of benzene rings is 1. The topological polar surface area (TPSA) is 78.7 Å². The van der Waals surface area contributed by atoms with Crippen molar-refractivity contribution in [3.05, 3.63) is 50.2 Å². The van der Waals surface area contributed by atoms with Crippen LogP contribution in [0.1, 0.15) is 15.9 Å². The van der Waals surface area contributed by atoms with Crippen LogP contribution in [-0.4, -0.2) is 24.9 Å². The van der Waals surface area contributed by atoms with Crippen molar-refractivity contribution in [1.82, 2.24) is 0 Å². The number of hydrogen-bond acceptors (Lipinski definition) is 6. The van der Waals surface area contributed by atoms with Gasteiger partial charge in [0.1, 0.15) is 0 Å². The maximum absolute atomic E-state index is 10.9. The second-order valence-electron chi connectivity index (χ2n) is 4.17. The lowest BCUT2D eigenvalue weighted by Gasteiger charge is -2.11. The van der Waals surface area contributed by atoms with E-state index in [2.05, 4.69) is 0 Å². The van der Waals surface area contributed by atoms with Crippen LogP contribution in [0.15, 0.2) is 29.0 Å². The molecule has 0 radical (unpaired) electrons. The first kappa shape index (κ1) is 15.0. The fraction of sp³-hybridized carbons (Fsp3) is 0.214. The van der Waals surface area contributed by atoms with Crippen molar-refractivity contribution in [3.8, 4) is 11.5 Å². The third kappa shape index (κ3) is 3.57. The molecule has 21 heavy (non-hydrogen) atoms. The molecule has 0 spiro atoms. The van der Waals surface area contributed by atoms with Crippen molar-refractivity contribution in [1.29, 1.82) is 0 Å². The van der Waals surface area contributed by atoms with E-state index >= 15 is 0 Å². The fourth-order valence-corrected chi connectivity index (χ4v) is 2.51. The number of nitro groups is 1. The third-order valence-corrected chi connectivity index (χ3v) is 3.60. The maximum atomic E-state index is 10.9. The summed E-state index contributed by atoms with van der Waals surface area (Å²) in [5.74, 6) is 0.554. The summed E-state index contributed by atoms with van der Waals surface area (Å²) in [6.07, 6.45) is 1.12. The fourth-order valence-electron chi connectivity index (χ4n) is 1.80. The predicted octanol–water partition coefficient (Wildman–Crippen LogP) is 3.10. The summed E-state index contributed by atoms with van der Waals surface area (Å²) in [5, 5.41) is 14.9. The predicted molar refractivity (Wildman–Crippen MR) is 78.6 cm³/mol. The first-order valence-electron chi connectivity index (χ1n) is 6.11. The minimum atomic E-state index is -0.616. The molecule has 2 aromatic rings. The highest BCUT2D eigenvalue weighted by atomic mass is 32.1. The highest BCUT2D eigenvalue weighted by Crippen LogP contribution is 2.34. The van der Waals surface area contributed by atoms with Crippen LogP contribution in [0.5, 0.6) is 11.5 Å². The monoisotopic (exact) mass is 307 g/mol. The molecule has 0 atom stereocenters. The van der Waals surface area contributed by atoms with Gasteiger partial charge in [-0.2, -0.15) is 11.3 Å². The lowest BCUT2D eigenvalue weighted by molar-refractivity contribution is -0.385. The molecule has 2 rings (SSSR count). The summed E-state index contributed by atoms with van der Waals surface area (Å²) in [7, 11) is 1.42. The summed E-state index contributed by atoms with van der Waals surface area (Å²) >= 11 is 1.60. The van der Waals surface area contributed by atoms with Crippen LogP contribution in [0.25, 0.3) is 0 Å². The van der Waals surface area contributed by atoms with Crippen LogP contribution in [0.2, 0.25) is 0 Å². The minimum absolute atomic E-state index is 0.0398. The average Bonchev–Trinajstić information content (AvgIpc) is 2.99. The van der Waals surface area contributed by atoms with E-state index in [0.29, 0.717) is 25.1 Å². The Bertz CT molecular complexity index is 639. The van der Waals surface area contributed by atoms with Crippen LogP contribution >= 0.6 is 11.3 Å². The molecule has 0 saturated carbocycles. The van der Waals surface area contributed by atoms with Gasteiger partial charge in [0.25, 0.3) is 5.69 Å². The Morgan fingerprint density at radius 2 is 2.19 bits per heavy atom. The summed E-state index contributed by atoms with van der Waals surface area (Å²) in [5.41, 5.74) is 0.802. The van der Waals surface area contributed by atoms with Gasteiger partial charge in [0, 0.05) is 12.5 Å². The van der Waals surface area contributed by atoms with E-state index in [1.807, 2.05) is 16.8 Å². The highest BCUT2D eigenvalue weighted by Gasteiger charge is 2.19. The number of carbonyl (C=O) groups excluding carboxylic acids is 1. The first-order chi connectivity index (χ1) is 10.2. The van der Waals surface area contributed by atoms with Gasteiger partial charge in [-0.25, -0.2) is 0 Å². The van der Waals surface area contributed by atoms with Crippen molar-refractivity contribution in [2.45, 2.75) is 6.42 Å². The normalized spacial score (nSPS) is 10.1. The zero-order valence-electron chi connectivity index (χ0n) is 11.3. The minimum Gasteiger partial charge on any atom is -0.493 e. The number of thiophene rings is 1. The van der Waals surface area contributed by atoms with Crippen molar-refractivity contribution in [3.63, 3.8) is 0 Å². The number of ether oxygens (including phenoxy) is 2. The van der Waals surface area contributed by atoms with Crippen molar-refractivity contribution < 1.29 is 19.2 Å². The number of rotatable bonds is 7. The molecule has 110 valence electrons. The number of carbonyl (C=O) groups is 1. The van der Waals surface area contributed by atoms with Gasteiger partial charge < -0.3 is 9.47 Å². The molecule has 6 nitrogen and oxygen atoms in total. The number of methoxy groups -OCH3 is 1. The summed E-state index contributed by atoms with van der Waals surface area (Å²) in [4.78, 5) is 21.2. The van der Waals surface area contributed by atoms with E-state index in [1.165, 1.54) is 19.2 Å². The quantitative estimate of drug-likeness (QED) is 0.446. The van der Waals surface area contributed by atoms with Gasteiger partial charge in [-0.15, -0.1) is 0 Å². The van der Waals surface area contributed by atoms with E-state index in [4.69, 9.17) is 9.47 Å². The molecular formula is C14H13NO5S. The molecule has 1 aromatic carbocycles. The van der Waals surface area contributed by atoms with E-state index in [-0.39, 0.29) is 17.0 Å². The Morgan fingerprint density at radius 3 is 2.76 bits per heavy atom. The van der Waals surface area contributed by atoms with Gasteiger partial charge in [-0.05, 0) is 22.4 Å².